The Balaban J connectivity index is 2.67. The molecule has 0 aliphatic carbocycles. The van der Waals surface area contributed by atoms with Crippen LogP contribution in [0, 0.1) is 5.92 Å². The van der Waals surface area contributed by atoms with Gasteiger partial charge in [0.1, 0.15) is 0 Å². The molecule has 76 valence electrons. The van der Waals surface area contributed by atoms with Crippen LogP contribution in [0.25, 0.3) is 0 Å². The molecule has 0 aromatic rings. The third-order valence-corrected chi connectivity index (χ3v) is 3.86. The van der Waals surface area contributed by atoms with Gasteiger partial charge in [-0.15, -0.1) is 0 Å². The molecule has 1 rings (SSSR count). The molecular formula is C7H14N2O2S2. The minimum atomic E-state index is -3.07. The van der Waals surface area contributed by atoms with Crippen molar-refractivity contribution in [2.45, 2.75) is 12.8 Å². The summed E-state index contributed by atoms with van der Waals surface area (Å²) in [5.74, 6) is 0.0541. The van der Waals surface area contributed by atoms with Gasteiger partial charge in [-0.1, -0.05) is 12.2 Å². The number of sulfonamides is 1. The van der Waals surface area contributed by atoms with E-state index < -0.39 is 10.0 Å². The van der Waals surface area contributed by atoms with Crippen molar-refractivity contribution in [3.63, 3.8) is 0 Å². The smallest absolute Gasteiger partial charge is 0.211 e. The predicted octanol–water partition coefficient (Wildman–Crippen LogP) is -0.0559. The Morgan fingerprint density at radius 1 is 1.62 bits per heavy atom. The summed E-state index contributed by atoms with van der Waals surface area (Å²) >= 11 is 4.85. The third kappa shape index (κ3) is 2.89. The monoisotopic (exact) mass is 222 g/mol. The van der Waals surface area contributed by atoms with E-state index in [0.29, 0.717) is 18.1 Å². The zero-order valence-corrected chi connectivity index (χ0v) is 9.20. The predicted molar refractivity (Wildman–Crippen MR) is 55.9 cm³/mol. The Bertz CT molecular complexity index is 300. The molecule has 6 heteroatoms. The molecule has 0 amide bonds. The quantitative estimate of drug-likeness (QED) is 0.665. The molecule has 1 heterocycles. The van der Waals surface area contributed by atoms with Crippen molar-refractivity contribution in [3.05, 3.63) is 0 Å². The minimum absolute atomic E-state index is 0.0541. The number of rotatable bonds is 2. The first-order valence-electron chi connectivity index (χ1n) is 4.15. The van der Waals surface area contributed by atoms with Crippen LogP contribution in [0.3, 0.4) is 0 Å². The molecule has 0 aromatic heterocycles. The van der Waals surface area contributed by atoms with Gasteiger partial charge < -0.3 is 5.73 Å². The topological polar surface area (TPSA) is 63.4 Å². The molecule has 13 heavy (non-hydrogen) atoms. The summed E-state index contributed by atoms with van der Waals surface area (Å²) in [6, 6.07) is 0. The Morgan fingerprint density at radius 3 is 2.69 bits per heavy atom. The van der Waals surface area contributed by atoms with Crippen molar-refractivity contribution in [2.75, 3.05) is 19.3 Å². The molecule has 1 aliphatic rings. The lowest BCUT2D eigenvalue weighted by atomic mass is 10.0. The molecule has 0 spiro atoms. The normalized spacial score (nSPS) is 25.8. The maximum absolute atomic E-state index is 11.2. The van der Waals surface area contributed by atoms with Crippen LogP contribution in [-0.2, 0) is 10.0 Å². The Kier molecular flexibility index (Phi) is 3.26. The van der Waals surface area contributed by atoms with E-state index in [0.717, 1.165) is 12.8 Å². The highest BCUT2D eigenvalue weighted by atomic mass is 32.2. The van der Waals surface area contributed by atoms with Crippen LogP contribution in [0.4, 0.5) is 0 Å². The minimum Gasteiger partial charge on any atom is -0.393 e. The summed E-state index contributed by atoms with van der Waals surface area (Å²) in [5.41, 5.74) is 5.48. The molecule has 0 aromatic carbocycles. The van der Waals surface area contributed by atoms with Gasteiger partial charge in [0.25, 0.3) is 0 Å². The van der Waals surface area contributed by atoms with Crippen molar-refractivity contribution in [1.82, 2.24) is 4.31 Å². The van der Waals surface area contributed by atoms with E-state index in [-0.39, 0.29) is 5.92 Å². The molecule has 1 fully saturated rings. The Labute approximate surface area is 84.1 Å². The second-order valence-electron chi connectivity index (χ2n) is 3.36. The van der Waals surface area contributed by atoms with Crippen LogP contribution in [0.1, 0.15) is 12.8 Å². The Hall–Kier alpha value is -0.200. The van der Waals surface area contributed by atoms with E-state index in [1.807, 2.05) is 0 Å². The number of nitrogens with two attached hydrogens (primary N) is 1. The SMILES string of the molecule is CS(=O)(=O)N1CCCC(C(N)=S)C1. The number of hydrogen-bond acceptors (Lipinski definition) is 3. The van der Waals surface area contributed by atoms with Crippen LogP contribution in [0.2, 0.25) is 0 Å². The first kappa shape index (κ1) is 10.9. The van der Waals surface area contributed by atoms with Crippen molar-refractivity contribution in [3.8, 4) is 0 Å². The highest BCUT2D eigenvalue weighted by molar-refractivity contribution is 7.88. The molecule has 1 atom stereocenters. The molecule has 0 bridgehead atoms. The molecule has 0 radical (unpaired) electrons. The van der Waals surface area contributed by atoms with Gasteiger partial charge in [-0.05, 0) is 12.8 Å². The molecular weight excluding hydrogens is 208 g/mol. The number of nitrogens with zero attached hydrogens (tertiary/aromatic N) is 1. The van der Waals surface area contributed by atoms with Crippen molar-refractivity contribution < 1.29 is 8.42 Å². The van der Waals surface area contributed by atoms with E-state index in [2.05, 4.69) is 0 Å². The number of hydrogen-bond donors (Lipinski definition) is 1. The van der Waals surface area contributed by atoms with Gasteiger partial charge in [-0.2, -0.15) is 0 Å². The number of thiocarbonyl (C=S) groups is 1. The summed E-state index contributed by atoms with van der Waals surface area (Å²) < 4.78 is 23.8. The van der Waals surface area contributed by atoms with E-state index in [4.69, 9.17) is 18.0 Å². The first-order chi connectivity index (χ1) is 5.91. The van der Waals surface area contributed by atoms with E-state index in [1.54, 1.807) is 0 Å². The zero-order chi connectivity index (χ0) is 10.1. The summed E-state index contributed by atoms with van der Waals surface area (Å²) in [5, 5.41) is 0. The van der Waals surface area contributed by atoms with Crippen molar-refractivity contribution >= 4 is 27.2 Å². The van der Waals surface area contributed by atoms with E-state index in [1.165, 1.54) is 10.6 Å². The molecule has 0 saturated carbocycles. The molecule has 1 saturated heterocycles. The highest BCUT2D eigenvalue weighted by Gasteiger charge is 2.26. The second-order valence-corrected chi connectivity index (χ2v) is 5.82. The third-order valence-electron chi connectivity index (χ3n) is 2.26. The van der Waals surface area contributed by atoms with Gasteiger partial charge in [0.2, 0.25) is 10.0 Å². The van der Waals surface area contributed by atoms with Crippen molar-refractivity contribution in [2.24, 2.45) is 11.7 Å². The lowest BCUT2D eigenvalue weighted by molar-refractivity contribution is 0.314. The molecule has 4 nitrogen and oxygen atoms in total. The average molecular weight is 222 g/mol. The second kappa shape index (κ2) is 3.89. The Morgan fingerprint density at radius 2 is 2.23 bits per heavy atom. The maximum Gasteiger partial charge on any atom is 0.211 e. The fourth-order valence-corrected chi connectivity index (χ4v) is 2.58. The van der Waals surface area contributed by atoms with Crippen LogP contribution >= 0.6 is 12.2 Å². The fourth-order valence-electron chi connectivity index (χ4n) is 1.48. The van der Waals surface area contributed by atoms with Crippen LogP contribution < -0.4 is 5.73 Å². The molecule has 2 N–H and O–H groups in total. The lowest BCUT2D eigenvalue weighted by Gasteiger charge is -2.30. The zero-order valence-electron chi connectivity index (χ0n) is 7.56. The van der Waals surface area contributed by atoms with Gasteiger partial charge >= 0.3 is 0 Å². The molecule has 1 aliphatic heterocycles. The van der Waals surface area contributed by atoms with Gasteiger partial charge in [-0.25, -0.2) is 12.7 Å². The average Bonchev–Trinajstić information content (AvgIpc) is 2.03. The fraction of sp³-hybridized carbons (Fsp3) is 0.857. The van der Waals surface area contributed by atoms with Gasteiger partial charge in [0.15, 0.2) is 0 Å². The first-order valence-corrected chi connectivity index (χ1v) is 6.41. The van der Waals surface area contributed by atoms with Gasteiger partial charge in [0, 0.05) is 19.0 Å². The van der Waals surface area contributed by atoms with Crippen LogP contribution in [-0.4, -0.2) is 37.1 Å². The standard InChI is InChI=1S/C7H14N2O2S2/c1-13(10,11)9-4-2-3-6(5-9)7(8)12/h6H,2-5H2,1H3,(H2,8,12). The largest absolute Gasteiger partial charge is 0.393 e. The summed E-state index contributed by atoms with van der Waals surface area (Å²) in [6.45, 7) is 1.05. The maximum atomic E-state index is 11.2. The number of piperidine rings is 1. The van der Waals surface area contributed by atoms with E-state index >= 15 is 0 Å². The highest BCUT2D eigenvalue weighted by Crippen LogP contribution is 2.18. The van der Waals surface area contributed by atoms with E-state index in [9.17, 15) is 8.42 Å². The molecule has 1 unspecified atom stereocenters. The summed E-state index contributed by atoms with van der Waals surface area (Å²) in [7, 11) is -3.07. The van der Waals surface area contributed by atoms with Gasteiger partial charge in [-0.3, -0.25) is 0 Å². The lowest BCUT2D eigenvalue weighted by Crippen LogP contribution is -2.43. The van der Waals surface area contributed by atoms with Crippen molar-refractivity contribution in [1.29, 1.82) is 0 Å². The van der Waals surface area contributed by atoms with Crippen LogP contribution in [0.15, 0.2) is 0 Å². The van der Waals surface area contributed by atoms with Gasteiger partial charge in [0.05, 0.1) is 11.2 Å². The van der Waals surface area contributed by atoms with Crippen LogP contribution in [0.5, 0.6) is 0 Å². The summed E-state index contributed by atoms with van der Waals surface area (Å²) in [4.78, 5) is 0.424. The summed E-state index contributed by atoms with van der Waals surface area (Å²) in [6.07, 6.45) is 2.96.